The molecule has 0 bridgehead atoms. The van der Waals surface area contributed by atoms with Gasteiger partial charge in [-0.25, -0.2) is 0 Å². The fraction of sp³-hybridized carbons (Fsp3) is 0.160. The van der Waals surface area contributed by atoms with E-state index in [4.69, 9.17) is 11.6 Å². The molecule has 33 heavy (non-hydrogen) atoms. The SMILES string of the molecule is CN(C)c1ccc(C(CNC(=O)c2ccc([N+](=O)[O-])cc2Cl)c2c[nH]c3ccccc23)cc1. The van der Waals surface area contributed by atoms with E-state index in [0.717, 1.165) is 27.7 Å². The largest absolute Gasteiger partial charge is 0.378 e. The van der Waals surface area contributed by atoms with Gasteiger partial charge in [-0.05, 0) is 35.4 Å². The second kappa shape index (κ2) is 9.34. The molecule has 3 aromatic carbocycles. The van der Waals surface area contributed by atoms with Crippen LogP contribution in [-0.2, 0) is 0 Å². The summed E-state index contributed by atoms with van der Waals surface area (Å²) in [5, 5.41) is 15.0. The van der Waals surface area contributed by atoms with Crippen molar-refractivity contribution < 1.29 is 9.72 Å². The summed E-state index contributed by atoms with van der Waals surface area (Å²) in [6, 6.07) is 20.1. The molecule has 0 radical (unpaired) electrons. The highest BCUT2D eigenvalue weighted by Gasteiger charge is 2.21. The molecule has 0 aliphatic carbocycles. The van der Waals surface area contributed by atoms with Crippen molar-refractivity contribution in [2.45, 2.75) is 5.92 Å². The summed E-state index contributed by atoms with van der Waals surface area (Å²) in [5.41, 5.74) is 4.26. The van der Waals surface area contributed by atoms with Gasteiger partial charge >= 0.3 is 0 Å². The van der Waals surface area contributed by atoms with Crippen LogP contribution in [0, 0.1) is 10.1 Å². The number of halogens is 1. The van der Waals surface area contributed by atoms with Gasteiger partial charge in [0, 0.05) is 61.5 Å². The molecular weight excluding hydrogens is 440 g/mol. The number of nitrogens with zero attached hydrogens (tertiary/aromatic N) is 2. The number of aromatic amines is 1. The number of rotatable bonds is 7. The Hall–Kier alpha value is -3.84. The summed E-state index contributed by atoms with van der Waals surface area (Å²) in [6.45, 7) is 0.329. The van der Waals surface area contributed by atoms with Crippen molar-refractivity contribution in [1.82, 2.24) is 10.3 Å². The summed E-state index contributed by atoms with van der Waals surface area (Å²) in [5.74, 6) is -0.497. The van der Waals surface area contributed by atoms with Crippen LogP contribution in [0.4, 0.5) is 11.4 Å². The molecule has 0 saturated heterocycles. The molecule has 4 rings (SSSR count). The lowest BCUT2D eigenvalue weighted by molar-refractivity contribution is -0.384. The first-order valence-electron chi connectivity index (χ1n) is 10.4. The first-order valence-corrected chi connectivity index (χ1v) is 10.8. The quantitative estimate of drug-likeness (QED) is 0.286. The fourth-order valence-corrected chi connectivity index (χ4v) is 4.15. The number of para-hydroxylation sites is 1. The first-order chi connectivity index (χ1) is 15.8. The third-order valence-corrected chi connectivity index (χ3v) is 6.00. The molecule has 0 spiro atoms. The van der Waals surface area contributed by atoms with Gasteiger partial charge < -0.3 is 15.2 Å². The Morgan fingerprint density at radius 1 is 1.12 bits per heavy atom. The Kier molecular flexibility index (Phi) is 6.33. The molecule has 0 fully saturated rings. The summed E-state index contributed by atoms with van der Waals surface area (Å²) >= 11 is 6.15. The predicted octanol–water partition coefficient (Wildman–Crippen LogP) is 5.36. The zero-order valence-corrected chi connectivity index (χ0v) is 19.0. The first kappa shape index (κ1) is 22.4. The van der Waals surface area contributed by atoms with E-state index in [0.29, 0.717) is 6.54 Å². The second-order valence-electron chi connectivity index (χ2n) is 7.96. The third kappa shape index (κ3) is 4.68. The molecule has 0 aliphatic heterocycles. The van der Waals surface area contributed by atoms with Crippen molar-refractivity contribution in [2.75, 3.05) is 25.5 Å². The van der Waals surface area contributed by atoms with Crippen LogP contribution in [-0.4, -0.2) is 36.5 Å². The Balaban J connectivity index is 1.64. The number of carbonyl (C=O) groups excluding carboxylic acids is 1. The van der Waals surface area contributed by atoms with Gasteiger partial charge in [-0.2, -0.15) is 0 Å². The summed E-state index contributed by atoms with van der Waals surface area (Å²) in [6.07, 6.45) is 1.97. The molecule has 1 unspecified atom stereocenters. The van der Waals surface area contributed by atoms with Crippen LogP contribution in [0.5, 0.6) is 0 Å². The van der Waals surface area contributed by atoms with E-state index in [1.54, 1.807) is 0 Å². The molecule has 2 N–H and O–H groups in total. The lowest BCUT2D eigenvalue weighted by Gasteiger charge is -2.20. The van der Waals surface area contributed by atoms with Crippen LogP contribution in [0.2, 0.25) is 5.02 Å². The predicted molar refractivity (Wildman–Crippen MR) is 131 cm³/mol. The third-order valence-electron chi connectivity index (χ3n) is 5.68. The molecule has 0 saturated carbocycles. The van der Waals surface area contributed by atoms with Crippen LogP contribution < -0.4 is 10.2 Å². The summed E-state index contributed by atoms with van der Waals surface area (Å²) in [7, 11) is 3.97. The molecule has 1 atom stereocenters. The van der Waals surface area contributed by atoms with Crippen molar-refractivity contribution in [3.63, 3.8) is 0 Å². The van der Waals surface area contributed by atoms with Crippen LogP contribution in [0.15, 0.2) is 72.9 Å². The van der Waals surface area contributed by atoms with Gasteiger partial charge in [-0.15, -0.1) is 0 Å². The zero-order chi connectivity index (χ0) is 23.5. The van der Waals surface area contributed by atoms with Gasteiger partial charge in [-0.1, -0.05) is 41.9 Å². The van der Waals surface area contributed by atoms with Crippen molar-refractivity contribution >= 4 is 39.8 Å². The number of aromatic nitrogens is 1. The maximum atomic E-state index is 12.9. The normalized spacial score (nSPS) is 11.8. The highest BCUT2D eigenvalue weighted by molar-refractivity contribution is 6.34. The molecule has 1 heterocycles. The molecule has 168 valence electrons. The highest BCUT2D eigenvalue weighted by atomic mass is 35.5. The number of anilines is 1. The molecule has 1 aromatic heterocycles. The average molecular weight is 463 g/mol. The van der Waals surface area contributed by atoms with Gasteiger partial charge in [0.05, 0.1) is 15.5 Å². The molecular formula is C25H23ClN4O3. The minimum Gasteiger partial charge on any atom is -0.378 e. The van der Waals surface area contributed by atoms with Crippen molar-refractivity contribution in [3.05, 3.63) is 105 Å². The van der Waals surface area contributed by atoms with Crippen molar-refractivity contribution in [2.24, 2.45) is 0 Å². The smallest absolute Gasteiger partial charge is 0.270 e. The number of amides is 1. The van der Waals surface area contributed by atoms with E-state index in [1.165, 1.54) is 18.2 Å². The number of hydrogen-bond donors (Lipinski definition) is 2. The number of hydrogen-bond acceptors (Lipinski definition) is 4. The van der Waals surface area contributed by atoms with Gasteiger partial charge in [0.2, 0.25) is 0 Å². The molecule has 0 aliphatic rings. The average Bonchev–Trinajstić information content (AvgIpc) is 3.23. The van der Waals surface area contributed by atoms with Gasteiger partial charge in [0.15, 0.2) is 0 Å². The lowest BCUT2D eigenvalue weighted by Crippen LogP contribution is -2.29. The zero-order valence-electron chi connectivity index (χ0n) is 18.2. The lowest BCUT2D eigenvalue weighted by atomic mass is 9.90. The minimum atomic E-state index is -0.544. The number of H-pyrrole nitrogens is 1. The van der Waals surface area contributed by atoms with Crippen LogP contribution >= 0.6 is 11.6 Å². The maximum absolute atomic E-state index is 12.9. The monoisotopic (exact) mass is 462 g/mol. The molecule has 7 nitrogen and oxygen atoms in total. The molecule has 8 heteroatoms. The number of benzene rings is 3. The standard InChI is InChI=1S/C25H23ClN4O3/c1-29(2)17-9-7-16(8-10-17)21(22-15-27-24-6-4-3-5-19(22)24)14-28-25(31)20-12-11-18(30(32)33)13-23(20)26/h3-13,15,21,27H,14H2,1-2H3,(H,28,31). The molecule has 4 aromatic rings. The van der Waals surface area contributed by atoms with Crippen LogP contribution in [0.25, 0.3) is 10.9 Å². The van der Waals surface area contributed by atoms with Crippen molar-refractivity contribution in [1.29, 1.82) is 0 Å². The van der Waals surface area contributed by atoms with E-state index in [9.17, 15) is 14.9 Å². The van der Waals surface area contributed by atoms with Gasteiger partial charge in [-0.3, -0.25) is 14.9 Å². The number of non-ortho nitro benzene ring substituents is 1. The molecule has 1 amide bonds. The van der Waals surface area contributed by atoms with Gasteiger partial charge in [0.1, 0.15) is 0 Å². The van der Waals surface area contributed by atoms with Crippen molar-refractivity contribution in [3.8, 4) is 0 Å². The fourth-order valence-electron chi connectivity index (χ4n) is 3.89. The minimum absolute atomic E-state index is 0.0423. The Morgan fingerprint density at radius 2 is 1.85 bits per heavy atom. The topological polar surface area (TPSA) is 91.3 Å². The number of nitrogens with one attached hydrogen (secondary N) is 2. The highest BCUT2D eigenvalue weighted by Crippen LogP contribution is 2.32. The van der Waals surface area contributed by atoms with E-state index < -0.39 is 4.92 Å². The Labute approximate surface area is 196 Å². The van der Waals surface area contributed by atoms with E-state index in [-0.39, 0.29) is 28.1 Å². The maximum Gasteiger partial charge on any atom is 0.270 e. The number of fused-ring (bicyclic) bond motifs is 1. The van der Waals surface area contributed by atoms with E-state index in [1.807, 2.05) is 55.5 Å². The van der Waals surface area contributed by atoms with Crippen LogP contribution in [0.3, 0.4) is 0 Å². The van der Waals surface area contributed by atoms with Gasteiger partial charge in [0.25, 0.3) is 11.6 Å². The number of nitro groups is 1. The van der Waals surface area contributed by atoms with E-state index >= 15 is 0 Å². The van der Waals surface area contributed by atoms with Crippen LogP contribution in [0.1, 0.15) is 27.4 Å². The number of carbonyl (C=O) groups is 1. The second-order valence-corrected chi connectivity index (χ2v) is 8.37. The summed E-state index contributed by atoms with van der Waals surface area (Å²) in [4.78, 5) is 28.6. The summed E-state index contributed by atoms with van der Waals surface area (Å²) < 4.78 is 0. The Morgan fingerprint density at radius 3 is 2.52 bits per heavy atom. The number of nitro benzene ring substituents is 1. The van der Waals surface area contributed by atoms with E-state index in [2.05, 4.69) is 28.5 Å². The Bertz CT molecular complexity index is 1310.